The van der Waals surface area contributed by atoms with E-state index >= 15 is 0 Å². The van der Waals surface area contributed by atoms with E-state index in [0.717, 1.165) is 0 Å². The summed E-state index contributed by atoms with van der Waals surface area (Å²) in [4.78, 5) is 10.9. The van der Waals surface area contributed by atoms with Crippen molar-refractivity contribution in [2.45, 2.75) is 6.92 Å². The second-order valence-electron chi connectivity index (χ2n) is 2.86. The van der Waals surface area contributed by atoms with Crippen molar-refractivity contribution >= 4 is 30.1 Å². The summed E-state index contributed by atoms with van der Waals surface area (Å²) in [5.74, 6) is -0.398. The average molecular weight is 291 g/mol. The molecular weight excluding hydrogens is 281 g/mol. The second kappa shape index (κ2) is 5.29. The van der Waals surface area contributed by atoms with E-state index in [4.69, 9.17) is 10.5 Å². The summed E-state index contributed by atoms with van der Waals surface area (Å²) in [5, 5.41) is 19.3. The number of para-hydroxylation sites is 1. The average Bonchev–Trinajstić information content (AvgIpc) is 2.28. The van der Waals surface area contributed by atoms with Crippen LogP contribution in [0, 0.1) is 0 Å². The minimum atomic E-state index is -4.90. The molecule has 16 heavy (non-hydrogen) atoms. The zero-order valence-electron chi connectivity index (χ0n) is 8.28. The molecule has 0 spiro atoms. The van der Waals surface area contributed by atoms with Gasteiger partial charge >= 0.3 is 93.4 Å². The van der Waals surface area contributed by atoms with E-state index in [9.17, 15) is 8.53 Å². The summed E-state index contributed by atoms with van der Waals surface area (Å²) < 4.78 is 19.0. The van der Waals surface area contributed by atoms with Crippen LogP contribution in [-0.2, 0) is 16.3 Å². The van der Waals surface area contributed by atoms with Gasteiger partial charge in [-0.1, -0.05) is 0 Å². The first-order valence-corrected chi connectivity index (χ1v) is 7.40. The van der Waals surface area contributed by atoms with Crippen molar-refractivity contribution in [2.24, 2.45) is 0 Å². The van der Waals surface area contributed by atoms with E-state index in [0.29, 0.717) is 0 Å². The Morgan fingerprint density at radius 1 is 1.31 bits per heavy atom. The van der Waals surface area contributed by atoms with Crippen LogP contribution in [0.4, 0.5) is 5.69 Å². The van der Waals surface area contributed by atoms with Gasteiger partial charge in [-0.2, -0.15) is 0 Å². The maximum atomic E-state index is 11.7. The van der Waals surface area contributed by atoms with Crippen molar-refractivity contribution in [1.29, 1.82) is 0 Å². The van der Waals surface area contributed by atoms with Gasteiger partial charge in [-0.25, -0.2) is 0 Å². The molecule has 1 amide bonds. The molecule has 0 saturated carbocycles. The summed E-state index contributed by atoms with van der Waals surface area (Å²) in [7, 11) is 0. The maximum absolute atomic E-state index is 11.7. The summed E-state index contributed by atoms with van der Waals surface area (Å²) in [5.41, 5.74) is 0.139. The summed E-state index contributed by atoms with van der Waals surface area (Å²) in [6.07, 6.45) is 0. The SMILES string of the molecule is CC(=O)Nc1ccccc1[As](=O)(OO)OO. The number of hydrogen-bond donors (Lipinski definition) is 3. The van der Waals surface area contributed by atoms with Gasteiger partial charge in [0.2, 0.25) is 0 Å². The summed E-state index contributed by atoms with van der Waals surface area (Å²) in [6, 6.07) is 5.80. The van der Waals surface area contributed by atoms with E-state index in [1.165, 1.54) is 25.1 Å². The molecule has 1 aromatic carbocycles. The number of nitrogens with one attached hydrogen (secondary N) is 1. The summed E-state index contributed by atoms with van der Waals surface area (Å²) in [6.45, 7) is 1.26. The minimum absolute atomic E-state index is 0.0965. The Morgan fingerprint density at radius 2 is 1.88 bits per heavy atom. The molecule has 0 bridgehead atoms. The number of carbonyl (C=O) groups is 1. The van der Waals surface area contributed by atoms with E-state index in [1.807, 2.05) is 0 Å². The predicted octanol–water partition coefficient (Wildman–Crippen LogP) is 0.201. The van der Waals surface area contributed by atoms with E-state index in [-0.39, 0.29) is 10.0 Å². The third kappa shape index (κ3) is 2.72. The number of hydrogen-bond acceptors (Lipinski definition) is 6. The van der Waals surface area contributed by atoms with Gasteiger partial charge in [0.1, 0.15) is 0 Å². The van der Waals surface area contributed by atoms with Gasteiger partial charge in [0.25, 0.3) is 0 Å². The first-order chi connectivity index (χ1) is 7.53. The van der Waals surface area contributed by atoms with Crippen LogP contribution in [-0.4, -0.2) is 30.6 Å². The van der Waals surface area contributed by atoms with Gasteiger partial charge in [0.15, 0.2) is 0 Å². The van der Waals surface area contributed by atoms with Gasteiger partial charge in [-0.05, 0) is 0 Å². The molecule has 7 nitrogen and oxygen atoms in total. The first-order valence-electron chi connectivity index (χ1n) is 4.17. The fourth-order valence-electron chi connectivity index (χ4n) is 1.11. The molecule has 0 fully saturated rings. The number of anilines is 1. The van der Waals surface area contributed by atoms with Gasteiger partial charge in [-0.15, -0.1) is 0 Å². The number of amides is 1. The zero-order valence-corrected chi connectivity index (χ0v) is 10.2. The van der Waals surface area contributed by atoms with E-state index in [1.54, 1.807) is 6.07 Å². The van der Waals surface area contributed by atoms with Gasteiger partial charge in [0, 0.05) is 0 Å². The predicted molar refractivity (Wildman–Crippen MR) is 54.2 cm³/mol. The molecular formula is C8H10AsNO6. The monoisotopic (exact) mass is 291 g/mol. The van der Waals surface area contributed by atoms with Crippen LogP contribution in [0.15, 0.2) is 24.3 Å². The zero-order chi connectivity index (χ0) is 12.2. The molecule has 0 unspecified atom stereocenters. The molecule has 8 heteroatoms. The van der Waals surface area contributed by atoms with Crippen LogP contribution >= 0.6 is 0 Å². The molecule has 0 aliphatic heterocycles. The fourth-order valence-corrected chi connectivity index (χ4v) is 3.00. The van der Waals surface area contributed by atoms with Gasteiger partial charge in [0.05, 0.1) is 0 Å². The molecule has 0 aliphatic carbocycles. The van der Waals surface area contributed by atoms with Crippen LogP contribution in [0.25, 0.3) is 0 Å². The molecule has 0 saturated heterocycles. The molecule has 0 aliphatic rings. The molecule has 88 valence electrons. The van der Waals surface area contributed by atoms with Crippen molar-refractivity contribution < 1.29 is 26.8 Å². The van der Waals surface area contributed by atoms with Gasteiger partial charge < -0.3 is 0 Å². The Labute approximate surface area is 93.8 Å². The van der Waals surface area contributed by atoms with Gasteiger partial charge in [-0.3, -0.25) is 0 Å². The van der Waals surface area contributed by atoms with Crippen molar-refractivity contribution in [1.82, 2.24) is 0 Å². The van der Waals surface area contributed by atoms with Crippen molar-refractivity contribution in [2.75, 3.05) is 5.32 Å². The molecule has 0 atom stereocenters. The molecule has 1 aromatic rings. The Balaban J connectivity index is 3.22. The fraction of sp³-hybridized carbons (Fsp3) is 0.125. The Kier molecular flexibility index (Phi) is 4.28. The van der Waals surface area contributed by atoms with Crippen molar-refractivity contribution in [3.05, 3.63) is 24.3 Å². The van der Waals surface area contributed by atoms with Crippen molar-refractivity contribution in [3.63, 3.8) is 0 Å². The normalized spacial score (nSPS) is 11.2. The Hall–Kier alpha value is -1.11. The third-order valence-corrected chi connectivity index (χ3v) is 4.68. The second-order valence-corrected chi connectivity index (χ2v) is 6.64. The number of rotatable bonds is 4. The van der Waals surface area contributed by atoms with Crippen LogP contribution in [0.1, 0.15) is 6.92 Å². The number of carbonyl (C=O) groups excluding carboxylic acids is 1. The third-order valence-electron chi connectivity index (χ3n) is 1.72. The molecule has 1 rings (SSSR count). The molecule has 0 radical (unpaired) electrons. The molecule has 3 N–H and O–H groups in total. The Bertz CT molecular complexity index is 426. The standard InChI is InChI=1S/C8H10AsNO6/c1-6(11)10-8-5-3-2-4-7(8)9(12,15-13)16-14/h2-5,13-14H,1H3,(H,10,11). The quantitative estimate of drug-likeness (QED) is 0.416. The molecule has 0 aromatic heterocycles. The van der Waals surface area contributed by atoms with Crippen LogP contribution < -0.4 is 9.67 Å². The first kappa shape index (κ1) is 13.0. The van der Waals surface area contributed by atoms with Crippen LogP contribution in [0.3, 0.4) is 0 Å². The van der Waals surface area contributed by atoms with Crippen molar-refractivity contribution in [3.8, 4) is 0 Å². The Morgan fingerprint density at radius 3 is 2.38 bits per heavy atom. The van der Waals surface area contributed by atoms with E-state index < -0.39 is 20.1 Å². The topological polar surface area (TPSA) is 105 Å². The summed E-state index contributed by atoms with van der Waals surface area (Å²) >= 11 is -4.90. The van der Waals surface area contributed by atoms with Crippen LogP contribution in [0.5, 0.6) is 0 Å². The number of benzene rings is 1. The van der Waals surface area contributed by atoms with E-state index in [2.05, 4.69) is 13.1 Å². The van der Waals surface area contributed by atoms with Crippen LogP contribution in [0.2, 0.25) is 0 Å². The molecule has 0 heterocycles.